The van der Waals surface area contributed by atoms with Crippen molar-refractivity contribution in [3.05, 3.63) is 53.5 Å². The fourth-order valence-electron chi connectivity index (χ4n) is 2.21. The molecule has 3 rings (SSSR count). The van der Waals surface area contributed by atoms with Crippen molar-refractivity contribution >= 4 is 0 Å². The average Bonchev–Trinajstić information content (AvgIpc) is 3.31. The maximum absolute atomic E-state index is 10.4. The Morgan fingerprint density at radius 1 is 1.16 bits per heavy atom. The van der Waals surface area contributed by atoms with Crippen LogP contribution in [0.5, 0.6) is 5.88 Å². The summed E-state index contributed by atoms with van der Waals surface area (Å²) in [6, 6.07) is 8.07. The summed E-state index contributed by atoms with van der Waals surface area (Å²) in [5.41, 5.74) is 2.61. The Morgan fingerprint density at radius 3 is 2.47 bits per heavy atom. The number of aliphatic hydroxyl groups excluding tert-OH is 1. The van der Waals surface area contributed by atoms with Crippen LogP contribution in [0, 0.1) is 0 Å². The highest BCUT2D eigenvalue weighted by molar-refractivity contribution is 5.34. The minimum absolute atomic E-state index is 0.362. The monoisotopic (exact) mass is 256 g/mol. The molecule has 0 saturated heterocycles. The van der Waals surface area contributed by atoms with Gasteiger partial charge in [0, 0.05) is 12.4 Å². The molecule has 1 saturated carbocycles. The highest BCUT2D eigenvalue weighted by Gasteiger charge is 2.24. The van der Waals surface area contributed by atoms with E-state index in [4.69, 9.17) is 4.74 Å². The van der Waals surface area contributed by atoms with Gasteiger partial charge in [0.25, 0.3) is 0 Å². The highest BCUT2D eigenvalue weighted by Crippen LogP contribution is 2.40. The molecular formula is C15H16N2O2. The summed E-state index contributed by atoms with van der Waals surface area (Å²) >= 11 is 0. The van der Waals surface area contributed by atoms with Gasteiger partial charge in [-0.05, 0) is 29.9 Å². The first kappa shape index (κ1) is 12.1. The molecule has 1 heterocycles. The molecule has 1 fully saturated rings. The largest absolute Gasteiger partial charge is 0.480 e. The van der Waals surface area contributed by atoms with E-state index in [2.05, 4.69) is 22.1 Å². The van der Waals surface area contributed by atoms with Gasteiger partial charge in [-0.15, -0.1) is 0 Å². The van der Waals surface area contributed by atoms with Crippen LogP contribution in [-0.2, 0) is 0 Å². The number of methoxy groups -OCH3 is 1. The Hall–Kier alpha value is -1.94. The van der Waals surface area contributed by atoms with Crippen molar-refractivity contribution in [1.82, 2.24) is 9.97 Å². The zero-order chi connectivity index (χ0) is 13.2. The fourth-order valence-corrected chi connectivity index (χ4v) is 2.21. The van der Waals surface area contributed by atoms with E-state index in [9.17, 15) is 5.11 Å². The number of benzene rings is 1. The van der Waals surface area contributed by atoms with Crippen LogP contribution in [0.4, 0.5) is 0 Å². The third-order valence-corrected chi connectivity index (χ3v) is 3.44. The molecule has 1 aromatic carbocycles. The Kier molecular flexibility index (Phi) is 3.17. The Bertz CT molecular complexity index is 565. The third kappa shape index (κ3) is 2.44. The van der Waals surface area contributed by atoms with Crippen LogP contribution in [0.1, 0.15) is 41.7 Å². The SMILES string of the molecule is COc1nccnc1C(O)c1ccc(C2CC2)cc1. The maximum Gasteiger partial charge on any atom is 0.238 e. The average molecular weight is 256 g/mol. The third-order valence-electron chi connectivity index (χ3n) is 3.44. The van der Waals surface area contributed by atoms with Gasteiger partial charge in [-0.1, -0.05) is 24.3 Å². The van der Waals surface area contributed by atoms with E-state index in [1.165, 1.54) is 25.5 Å². The molecular weight excluding hydrogens is 240 g/mol. The molecule has 98 valence electrons. The number of rotatable bonds is 4. The van der Waals surface area contributed by atoms with Gasteiger partial charge in [-0.2, -0.15) is 0 Å². The second-order valence-corrected chi connectivity index (χ2v) is 4.79. The smallest absolute Gasteiger partial charge is 0.238 e. The lowest BCUT2D eigenvalue weighted by Gasteiger charge is -2.13. The van der Waals surface area contributed by atoms with Crippen molar-refractivity contribution in [2.75, 3.05) is 7.11 Å². The van der Waals surface area contributed by atoms with E-state index in [1.54, 1.807) is 12.4 Å². The van der Waals surface area contributed by atoms with E-state index in [0.717, 1.165) is 11.5 Å². The first-order chi connectivity index (χ1) is 9.29. The van der Waals surface area contributed by atoms with Gasteiger partial charge in [0.05, 0.1) is 7.11 Å². The van der Waals surface area contributed by atoms with E-state index >= 15 is 0 Å². The molecule has 1 aliphatic rings. The summed E-state index contributed by atoms with van der Waals surface area (Å²) in [6.45, 7) is 0. The van der Waals surface area contributed by atoms with Gasteiger partial charge < -0.3 is 9.84 Å². The van der Waals surface area contributed by atoms with Crippen molar-refractivity contribution in [3.8, 4) is 5.88 Å². The van der Waals surface area contributed by atoms with Crippen LogP contribution in [0.25, 0.3) is 0 Å². The van der Waals surface area contributed by atoms with Crippen LogP contribution >= 0.6 is 0 Å². The molecule has 0 bridgehead atoms. The van der Waals surface area contributed by atoms with Gasteiger partial charge in [-0.25, -0.2) is 4.98 Å². The number of ether oxygens (including phenoxy) is 1. The van der Waals surface area contributed by atoms with Crippen molar-refractivity contribution in [2.45, 2.75) is 24.9 Å². The first-order valence-electron chi connectivity index (χ1n) is 6.42. The fraction of sp³-hybridized carbons (Fsp3) is 0.333. The second-order valence-electron chi connectivity index (χ2n) is 4.79. The molecule has 19 heavy (non-hydrogen) atoms. The number of nitrogens with zero attached hydrogens (tertiary/aromatic N) is 2. The number of aliphatic hydroxyl groups is 1. The summed E-state index contributed by atoms with van der Waals surface area (Å²) < 4.78 is 5.13. The molecule has 1 unspecified atom stereocenters. The Morgan fingerprint density at radius 2 is 1.84 bits per heavy atom. The molecule has 0 radical (unpaired) electrons. The predicted octanol–water partition coefficient (Wildman–Crippen LogP) is 2.44. The zero-order valence-corrected chi connectivity index (χ0v) is 10.8. The van der Waals surface area contributed by atoms with Gasteiger partial charge >= 0.3 is 0 Å². The molecule has 4 nitrogen and oxygen atoms in total. The molecule has 1 N–H and O–H groups in total. The molecule has 1 aliphatic carbocycles. The van der Waals surface area contributed by atoms with Crippen molar-refractivity contribution in [3.63, 3.8) is 0 Å². The summed E-state index contributed by atoms with van der Waals surface area (Å²) in [5, 5.41) is 10.4. The number of aromatic nitrogens is 2. The predicted molar refractivity (Wildman–Crippen MR) is 71.1 cm³/mol. The lowest BCUT2D eigenvalue weighted by Crippen LogP contribution is -2.06. The van der Waals surface area contributed by atoms with E-state index < -0.39 is 6.10 Å². The zero-order valence-electron chi connectivity index (χ0n) is 10.8. The molecule has 0 spiro atoms. The van der Waals surface area contributed by atoms with Crippen LogP contribution in [-0.4, -0.2) is 22.2 Å². The first-order valence-corrected chi connectivity index (χ1v) is 6.42. The molecule has 1 atom stereocenters. The molecule has 0 amide bonds. The summed E-state index contributed by atoms with van der Waals surface area (Å²) in [5.74, 6) is 1.08. The summed E-state index contributed by atoms with van der Waals surface area (Å²) in [4.78, 5) is 8.21. The molecule has 4 heteroatoms. The van der Waals surface area contributed by atoms with Crippen LogP contribution in [0.2, 0.25) is 0 Å². The topological polar surface area (TPSA) is 55.2 Å². The molecule has 1 aromatic heterocycles. The minimum Gasteiger partial charge on any atom is -0.480 e. The standard InChI is InChI=1S/C15H16N2O2/c1-19-15-13(16-8-9-17-15)14(18)12-6-4-11(5-7-12)10-2-3-10/h4-10,14,18H,2-3H2,1H3. The summed E-state index contributed by atoms with van der Waals surface area (Å²) in [6.07, 6.45) is 4.85. The quantitative estimate of drug-likeness (QED) is 0.913. The Labute approximate surface area is 112 Å². The highest BCUT2D eigenvalue weighted by atomic mass is 16.5. The van der Waals surface area contributed by atoms with Crippen molar-refractivity contribution in [2.24, 2.45) is 0 Å². The minimum atomic E-state index is -0.808. The number of hydrogen-bond acceptors (Lipinski definition) is 4. The van der Waals surface area contributed by atoms with Crippen molar-refractivity contribution < 1.29 is 9.84 Å². The number of hydrogen-bond donors (Lipinski definition) is 1. The lowest BCUT2D eigenvalue weighted by molar-refractivity contribution is 0.207. The van der Waals surface area contributed by atoms with E-state index in [0.29, 0.717) is 11.6 Å². The van der Waals surface area contributed by atoms with Crippen LogP contribution in [0.15, 0.2) is 36.7 Å². The normalized spacial score (nSPS) is 16.1. The molecule has 0 aliphatic heterocycles. The Balaban J connectivity index is 1.87. The maximum atomic E-state index is 10.4. The lowest BCUT2D eigenvalue weighted by atomic mass is 10.0. The van der Waals surface area contributed by atoms with Crippen LogP contribution < -0.4 is 4.74 Å². The van der Waals surface area contributed by atoms with E-state index in [1.807, 2.05) is 12.1 Å². The van der Waals surface area contributed by atoms with E-state index in [-0.39, 0.29) is 0 Å². The van der Waals surface area contributed by atoms with Gasteiger partial charge in [0.15, 0.2) is 0 Å². The molecule has 2 aromatic rings. The van der Waals surface area contributed by atoms with Gasteiger partial charge in [0.2, 0.25) is 5.88 Å². The summed E-state index contributed by atoms with van der Waals surface area (Å²) in [7, 11) is 1.52. The van der Waals surface area contributed by atoms with Gasteiger partial charge in [0.1, 0.15) is 11.8 Å². The van der Waals surface area contributed by atoms with Crippen molar-refractivity contribution in [1.29, 1.82) is 0 Å². The van der Waals surface area contributed by atoms with Gasteiger partial charge in [-0.3, -0.25) is 4.98 Å². The van der Waals surface area contributed by atoms with Crippen LogP contribution in [0.3, 0.4) is 0 Å². The second kappa shape index (κ2) is 4.97.